The molecule has 1 aliphatic heterocycles. The van der Waals surface area contributed by atoms with Crippen LogP contribution in [0.4, 0.5) is 8.78 Å². The van der Waals surface area contributed by atoms with Crippen LogP contribution < -0.4 is 14.8 Å². The molecule has 0 spiro atoms. The third kappa shape index (κ3) is 6.33. The normalized spacial score (nSPS) is 19.0. The van der Waals surface area contributed by atoms with Crippen molar-refractivity contribution in [2.24, 2.45) is 5.92 Å². The molecule has 0 bridgehead atoms. The zero-order valence-corrected chi connectivity index (χ0v) is 20.8. The lowest BCUT2D eigenvalue weighted by Crippen LogP contribution is -2.37. The van der Waals surface area contributed by atoms with Gasteiger partial charge in [0.25, 0.3) is 5.91 Å². The Morgan fingerprint density at radius 1 is 1.19 bits per heavy atom. The molecule has 2 fully saturated rings. The number of aryl methyl sites for hydroxylation is 1. The topological polar surface area (TPSA) is 107 Å². The molecule has 198 valence electrons. The molecule has 37 heavy (non-hydrogen) atoms. The minimum atomic E-state index is -2.99. The molecule has 1 aromatic carbocycles. The lowest BCUT2D eigenvalue weighted by molar-refractivity contribution is -0.135. The van der Waals surface area contributed by atoms with Gasteiger partial charge in [-0.05, 0) is 55.0 Å². The third-order valence-corrected chi connectivity index (χ3v) is 6.49. The highest BCUT2D eigenvalue weighted by Crippen LogP contribution is 2.39. The smallest absolute Gasteiger partial charge is 0.387 e. The van der Waals surface area contributed by atoms with Crippen LogP contribution in [0.15, 0.2) is 30.5 Å². The number of nitrogens with one attached hydrogen (secondary N) is 1. The maximum Gasteiger partial charge on any atom is 0.387 e. The van der Waals surface area contributed by atoms with Gasteiger partial charge >= 0.3 is 12.6 Å². The van der Waals surface area contributed by atoms with E-state index in [4.69, 9.17) is 9.47 Å². The molecular weight excluding hydrogens is 488 g/mol. The number of carbonyl (C=O) groups is 3. The Hall–Kier alpha value is -3.76. The first kappa shape index (κ1) is 26.3. The molecule has 2 amide bonds. The van der Waals surface area contributed by atoms with Gasteiger partial charge in [0.2, 0.25) is 5.91 Å². The maximum absolute atomic E-state index is 12.9. The Labute approximate surface area is 213 Å². The summed E-state index contributed by atoms with van der Waals surface area (Å²) in [7, 11) is 1.49. The van der Waals surface area contributed by atoms with Crippen molar-refractivity contribution in [1.29, 1.82) is 0 Å². The number of carbonyl (C=O) groups excluding carboxylic acids is 3. The van der Waals surface area contributed by atoms with E-state index in [0.717, 1.165) is 18.4 Å². The van der Waals surface area contributed by atoms with Crippen molar-refractivity contribution in [3.05, 3.63) is 52.8 Å². The highest BCUT2D eigenvalue weighted by molar-refractivity contribution is 5.95. The Balaban J connectivity index is 1.51. The number of esters is 1. The number of rotatable bonds is 9. The summed E-state index contributed by atoms with van der Waals surface area (Å²) in [6.07, 6.45) is 2.82. The van der Waals surface area contributed by atoms with Crippen molar-refractivity contribution in [3.63, 3.8) is 0 Å². The van der Waals surface area contributed by atoms with Crippen LogP contribution in [-0.2, 0) is 9.53 Å². The fourth-order valence-corrected chi connectivity index (χ4v) is 4.30. The fourth-order valence-electron chi connectivity index (χ4n) is 4.30. The van der Waals surface area contributed by atoms with Gasteiger partial charge in [-0.2, -0.15) is 8.78 Å². The SMILES string of the molecule is CNC(=O)c1cnc(C(=O)O[C@@H]2C[C@@H](c3ccc(OC(F)F)c(OCC4CC4)c3)CN2C(C)=O)c(C)c1. The summed E-state index contributed by atoms with van der Waals surface area (Å²) in [5, 5.41) is 2.49. The van der Waals surface area contributed by atoms with Crippen LogP contribution in [0.1, 0.15) is 64.1 Å². The van der Waals surface area contributed by atoms with Crippen LogP contribution in [0.2, 0.25) is 0 Å². The van der Waals surface area contributed by atoms with E-state index < -0.39 is 18.8 Å². The van der Waals surface area contributed by atoms with Crippen LogP contribution in [0, 0.1) is 12.8 Å². The summed E-state index contributed by atoms with van der Waals surface area (Å²) >= 11 is 0. The Morgan fingerprint density at radius 2 is 1.95 bits per heavy atom. The second-order valence-corrected chi connectivity index (χ2v) is 9.27. The number of benzene rings is 1. The van der Waals surface area contributed by atoms with E-state index in [-0.39, 0.29) is 41.5 Å². The van der Waals surface area contributed by atoms with Gasteiger partial charge in [0.1, 0.15) is 0 Å². The number of likely N-dealkylation sites (tertiary alicyclic amines) is 1. The number of alkyl halides is 2. The first-order valence-corrected chi connectivity index (χ1v) is 12.0. The molecule has 2 heterocycles. The van der Waals surface area contributed by atoms with Gasteiger partial charge in [-0.1, -0.05) is 6.07 Å². The fraction of sp³-hybridized carbons (Fsp3) is 0.462. The molecule has 1 aromatic heterocycles. The summed E-state index contributed by atoms with van der Waals surface area (Å²) in [5.41, 5.74) is 1.56. The molecule has 0 unspecified atom stereocenters. The average molecular weight is 518 g/mol. The predicted molar refractivity (Wildman–Crippen MR) is 128 cm³/mol. The first-order valence-electron chi connectivity index (χ1n) is 12.0. The van der Waals surface area contributed by atoms with Gasteiger partial charge in [0, 0.05) is 39.1 Å². The van der Waals surface area contributed by atoms with Crippen LogP contribution in [0.25, 0.3) is 0 Å². The van der Waals surface area contributed by atoms with Crippen LogP contribution in [0.5, 0.6) is 11.5 Å². The number of nitrogens with zero attached hydrogens (tertiary/aromatic N) is 2. The van der Waals surface area contributed by atoms with Crippen LogP contribution in [-0.4, -0.2) is 60.7 Å². The molecular formula is C26H29F2N3O6. The molecule has 9 nitrogen and oxygen atoms in total. The van der Waals surface area contributed by atoms with Crippen molar-refractivity contribution in [2.75, 3.05) is 20.2 Å². The van der Waals surface area contributed by atoms with Gasteiger partial charge in [0.15, 0.2) is 23.4 Å². The number of ether oxygens (including phenoxy) is 3. The Kier molecular flexibility index (Phi) is 7.89. The Morgan fingerprint density at radius 3 is 2.57 bits per heavy atom. The van der Waals surface area contributed by atoms with Crippen molar-refractivity contribution in [1.82, 2.24) is 15.2 Å². The number of halogens is 2. The molecule has 1 saturated carbocycles. The number of hydrogen-bond donors (Lipinski definition) is 1. The van der Waals surface area contributed by atoms with E-state index in [0.29, 0.717) is 30.1 Å². The molecule has 0 radical (unpaired) electrons. The van der Waals surface area contributed by atoms with Crippen molar-refractivity contribution in [3.8, 4) is 11.5 Å². The molecule has 4 rings (SSSR count). The third-order valence-electron chi connectivity index (χ3n) is 6.49. The monoisotopic (exact) mass is 517 g/mol. The maximum atomic E-state index is 12.9. The Bertz CT molecular complexity index is 1190. The summed E-state index contributed by atoms with van der Waals surface area (Å²) in [5.74, 6) is -0.970. The van der Waals surface area contributed by atoms with Crippen molar-refractivity contribution >= 4 is 17.8 Å². The summed E-state index contributed by atoms with van der Waals surface area (Å²) < 4.78 is 41.8. The van der Waals surface area contributed by atoms with Gasteiger partial charge in [-0.3, -0.25) is 9.59 Å². The molecule has 1 N–H and O–H groups in total. The highest BCUT2D eigenvalue weighted by atomic mass is 19.3. The molecule has 2 aliphatic rings. The molecule has 1 aliphatic carbocycles. The van der Waals surface area contributed by atoms with E-state index in [1.165, 1.54) is 37.2 Å². The molecule has 2 aromatic rings. The zero-order valence-electron chi connectivity index (χ0n) is 20.8. The molecule has 11 heteroatoms. The number of aromatic nitrogens is 1. The summed E-state index contributed by atoms with van der Waals surface area (Å²) in [4.78, 5) is 42.6. The van der Waals surface area contributed by atoms with E-state index in [9.17, 15) is 23.2 Å². The lowest BCUT2D eigenvalue weighted by Gasteiger charge is -2.23. The number of amides is 2. The van der Waals surface area contributed by atoms with Gasteiger partial charge in [-0.25, -0.2) is 9.78 Å². The van der Waals surface area contributed by atoms with E-state index in [1.807, 2.05) is 0 Å². The minimum Gasteiger partial charge on any atom is -0.489 e. The minimum absolute atomic E-state index is 0.0452. The summed E-state index contributed by atoms with van der Waals surface area (Å²) in [6.45, 7) is 0.724. The number of hydrogen-bond acceptors (Lipinski definition) is 7. The van der Waals surface area contributed by atoms with E-state index in [1.54, 1.807) is 19.1 Å². The van der Waals surface area contributed by atoms with Gasteiger partial charge in [0.05, 0.1) is 12.2 Å². The van der Waals surface area contributed by atoms with Crippen LogP contribution in [0.3, 0.4) is 0 Å². The highest BCUT2D eigenvalue weighted by Gasteiger charge is 2.38. The zero-order chi connectivity index (χ0) is 26.7. The number of pyridine rings is 1. The van der Waals surface area contributed by atoms with Crippen molar-refractivity contribution < 1.29 is 37.4 Å². The molecule has 1 saturated heterocycles. The van der Waals surface area contributed by atoms with Gasteiger partial charge < -0.3 is 24.4 Å². The second kappa shape index (κ2) is 11.1. The largest absolute Gasteiger partial charge is 0.489 e. The lowest BCUT2D eigenvalue weighted by atomic mass is 9.97. The van der Waals surface area contributed by atoms with Crippen LogP contribution >= 0.6 is 0 Å². The standard InChI is InChI=1S/C26H29F2N3O6/c1-14-8-18(24(33)29-3)11-30-23(14)25(34)37-22-10-19(12-31(22)15(2)32)17-6-7-20(36-26(27)28)21(9-17)35-13-16-4-5-16/h6-9,11,16,19,22,26H,4-5,10,12-13H2,1-3H3,(H,29,33)/t19-,22-/m1/s1. The quantitative estimate of drug-likeness (QED) is 0.506. The van der Waals surface area contributed by atoms with Crippen molar-refractivity contribution in [2.45, 2.75) is 51.9 Å². The van der Waals surface area contributed by atoms with E-state index >= 15 is 0 Å². The van der Waals surface area contributed by atoms with E-state index in [2.05, 4.69) is 15.0 Å². The average Bonchev–Trinajstić information content (AvgIpc) is 3.59. The predicted octanol–water partition coefficient (Wildman–Crippen LogP) is 3.66. The van der Waals surface area contributed by atoms with Gasteiger partial charge in [-0.15, -0.1) is 0 Å². The molecule has 2 atom stereocenters. The summed E-state index contributed by atoms with van der Waals surface area (Å²) in [6, 6.07) is 6.27. The second-order valence-electron chi connectivity index (χ2n) is 9.27. The first-order chi connectivity index (χ1) is 17.7.